The van der Waals surface area contributed by atoms with Crippen LogP contribution in [0.4, 0.5) is 0 Å². The molecule has 1 fully saturated rings. The van der Waals surface area contributed by atoms with Crippen molar-refractivity contribution < 1.29 is 9.59 Å². The van der Waals surface area contributed by atoms with Crippen molar-refractivity contribution in [3.63, 3.8) is 0 Å². The minimum absolute atomic E-state index is 0.0187. The van der Waals surface area contributed by atoms with Crippen LogP contribution in [0.2, 0.25) is 0 Å². The van der Waals surface area contributed by atoms with E-state index in [1.54, 1.807) is 6.92 Å². The lowest BCUT2D eigenvalue weighted by Crippen LogP contribution is -2.42. The Hall–Kier alpha value is -2.62. The lowest BCUT2D eigenvalue weighted by atomic mass is 9.90. The summed E-state index contributed by atoms with van der Waals surface area (Å²) in [6, 6.07) is 18.4. The quantitative estimate of drug-likeness (QED) is 0.887. The predicted octanol–water partition coefficient (Wildman–Crippen LogP) is 3.37. The minimum Gasteiger partial charge on any atom is -0.355 e. The minimum atomic E-state index is -0.167. The van der Waals surface area contributed by atoms with Crippen LogP contribution < -0.4 is 5.32 Å². The molecule has 1 aliphatic carbocycles. The average molecular weight is 362 g/mol. The lowest BCUT2D eigenvalue weighted by Gasteiger charge is -2.36. The zero-order valence-corrected chi connectivity index (χ0v) is 15.8. The van der Waals surface area contributed by atoms with Gasteiger partial charge in [0.05, 0.1) is 12.5 Å². The van der Waals surface area contributed by atoms with Gasteiger partial charge in [-0.1, -0.05) is 54.6 Å². The fourth-order valence-corrected chi connectivity index (χ4v) is 4.27. The van der Waals surface area contributed by atoms with Gasteiger partial charge in [0.25, 0.3) is 0 Å². The first-order valence-electron chi connectivity index (χ1n) is 9.76. The molecule has 0 radical (unpaired) electrons. The molecule has 0 saturated heterocycles. The molecular weight excluding hydrogens is 336 g/mol. The zero-order valence-electron chi connectivity index (χ0n) is 15.8. The summed E-state index contributed by atoms with van der Waals surface area (Å²) in [6.07, 6.45) is 3.40. The van der Waals surface area contributed by atoms with Crippen LogP contribution in [0.5, 0.6) is 0 Å². The van der Waals surface area contributed by atoms with E-state index in [1.807, 2.05) is 23.1 Å². The smallest absolute Gasteiger partial charge is 0.222 e. The van der Waals surface area contributed by atoms with Gasteiger partial charge in [-0.15, -0.1) is 0 Å². The summed E-state index contributed by atoms with van der Waals surface area (Å²) in [5, 5.41) is 3.14. The number of carbonyl (C=O) groups is 2. The summed E-state index contributed by atoms with van der Waals surface area (Å²) in [5.41, 5.74) is 3.76. The van der Waals surface area contributed by atoms with E-state index in [0.29, 0.717) is 19.5 Å². The normalized spacial score (nSPS) is 19.9. The molecule has 0 bridgehead atoms. The van der Waals surface area contributed by atoms with Crippen LogP contribution in [0.3, 0.4) is 0 Å². The standard InChI is InChI=1S/C23H26N2O2/c1-17(26)25-14-11-18-7-5-6-10-20(18)21(25)15-22(27)24-16-23(12-13-23)19-8-3-2-4-9-19/h2-10,21H,11-16H2,1H3,(H,24,27). The summed E-state index contributed by atoms with van der Waals surface area (Å²) in [5.74, 6) is 0.0513. The van der Waals surface area contributed by atoms with Gasteiger partial charge in [0.1, 0.15) is 0 Å². The van der Waals surface area contributed by atoms with Crippen molar-refractivity contribution in [2.75, 3.05) is 13.1 Å². The lowest BCUT2D eigenvalue weighted by molar-refractivity contribution is -0.133. The van der Waals surface area contributed by atoms with Gasteiger partial charge in [0.2, 0.25) is 11.8 Å². The first-order chi connectivity index (χ1) is 13.1. The highest BCUT2D eigenvalue weighted by atomic mass is 16.2. The molecule has 140 valence electrons. The van der Waals surface area contributed by atoms with E-state index in [4.69, 9.17) is 0 Å². The Kier molecular flexibility index (Phi) is 4.73. The molecule has 1 N–H and O–H groups in total. The first-order valence-corrected chi connectivity index (χ1v) is 9.76. The first kappa shape index (κ1) is 17.8. The summed E-state index contributed by atoms with van der Waals surface area (Å²) in [7, 11) is 0. The van der Waals surface area contributed by atoms with Crippen molar-refractivity contribution in [1.29, 1.82) is 0 Å². The third-order valence-electron chi connectivity index (χ3n) is 6.06. The highest BCUT2D eigenvalue weighted by Gasteiger charge is 2.44. The number of amides is 2. The number of carbonyl (C=O) groups excluding carboxylic acids is 2. The Morgan fingerprint density at radius 3 is 2.48 bits per heavy atom. The number of hydrogen-bond acceptors (Lipinski definition) is 2. The maximum Gasteiger partial charge on any atom is 0.222 e. The average Bonchev–Trinajstić information content (AvgIpc) is 3.48. The van der Waals surface area contributed by atoms with Gasteiger partial charge in [0, 0.05) is 25.4 Å². The van der Waals surface area contributed by atoms with E-state index in [1.165, 1.54) is 11.1 Å². The van der Waals surface area contributed by atoms with E-state index < -0.39 is 0 Å². The molecule has 4 heteroatoms. The van der Waals surface area contributed by atoms with Crippen molar-refractivity contribution in [1.82, 2.24) is 10.2 Å². The van der Waals surface area contributed by atoms with Crippen molar-refractivity contribution in [3.05, 3.63) is 71.3 Å². The molecule has 1 saturated carbocycles. The zero-order chi connectivity index (χ0) is 18.9. The molecule has 1 aliphatic heterocycles. The molecule has 1 atom stereocenters. The Morgan fingerprint density at radius 2 is 1.78 bits per heavy atom. The van der Waals surface area contributed by atoms with E-state index in [9.17, 15) is 9.59 Å². The van der Waals surface area contributed by atoms with Crippen LogP contribution in [0.15, 0.2) is 54.6 Å². The molecule has 1 unspecified atom stereocenters. The third-order valence-corrected chi connectivity index (χ3v) is 6.06. The maximum absolute atomic E-state index is 12.7. The highest BCUT2D eigenvalue weighted by molar-refractivity contribution is 5.79. The van der Waals surface area contributed by atoms with Gasteiger partial charge in [-0.25, -0.2) is 0 Å². The Bertz CT molecular complexity index is 842. The number of benzene rings is 2. The number of fused-ring (bicyclic) bond motifs is 1. The van der Waals surface area contributed by atoms with Crippen LogP contribution in [-0.4, -0.2) is 29.8 Å². The predicted molar refractivity (Wildman–Crippen MR) is 105 cm³/mol. The van der Waals surface area contributed by atoms with Crippen LogP contribution >= 0.6 is 0 Å². The molecule has 2 aromatic rings. The molecule has 2 aliphatic rings. The Balaban J connectivity index is 1.45. The van der Waals surface area contributed by atoms with Crippen LogP contribution in [0.25, 0.3) is 0 Å². The summed E-state index contributed by atoms with van der Waals surface area (Å²) in [4.78, 5) is 26.7. The number of rotatable bonds is 5. The largest absolute Gasteiger partial charge is 0.355 e. The molecule has 0 aromatic heterocycles. The van der Waals surface area contributed by atoms with Gasteiger partial charge < -0.3 is 10.2 Å². The maximum atomic E-state index is 12.7. The molecular formula is C23H26N2O2. The molecule has 27 heavy (non-hydrogen) atoms. The molecule has 0 spiro atoms. The Morgan fingerprint density at radius 1 is 1.07 bits per heavy atom. The van der Waals surface area contributed by atoms with Gasteiger partial charge >= 0.3 is 0 Å². The van der Waals surface area contributed by atoms with Gasteiger partial charge in [-0.3, -0.25) is 9.59 Å². The van der Waals surface area contributed by atoms with Crippen molar-refractivity contribution in [3.8, 4) is 0 Å². The van der Waals surface area contributed by atoms with Crippen molar-refractivity contribution in [2.24, 2.45) is 0 Å². The van der Waals surface area contributed by atoms with E-state index in [0.717, 1.165) is 24.8 Å². The van der Waals surface area contributed by atoms with Crippen LogP contribution in [-0.2, 0) is 21.4 Å². The molecule has 4 nitrogen and oxygen atoms in total. The summed E-state index contributed by atoms with van der Waals surface area (Å²) < 4.78 is 0. The fraction of sp³-hybridized carbons (Fsp3) is 0.391. The Labute approximate surface area is 160 Å². The number of hydrogen-bond donors (Lipinski definition) is 1. The van der Waals surface area contributed by atoms with E-state index >= 15 is 0 Å². The highest BCUT2D eigenvalue weighted by Crippen LogP contribution is 2.47. The van der Waals surface area contributed by atoms with Crippen molar-refractivity contribution >= 4 is 11.8 Å². The number of nitrogens with one attached hydrogen (secondary N) is 1. The summed E-state index contributed by atoms with van der Waals surface area (Å²) in [6.45, 7) is 2.94. The second kappa shape index (κ2) is 7.18. The van der Waals surface area contributed by atoms with Crippen LogP contribution in [0.1, 0.15) is 48.9 Å². The topological polar surface area (TPSA) is 49.4 Å². The monoisotopic (exact) mass is 362 g/mol. The molecule has 1 heterocycles. The molecule has 2 amide bonds. The third kappa shape index (κ3) is 3.61. The number of nitrogens with zero attached hydrogens (tertiary/aromatic N) is 1. The van der Waals surface area contributed by atoms with Gasteiger partial charge in [-0.05, 0) is 36.0 Å². The SMILES string of the molecule is CC(=O)N1CCc2ccccc2C1CC(=O)NCC1(c2ccccc2)CC1. The van der Waals surface area contributed by atoms with Gasteiger partial charge in [0.15, 0.2) is 0 Å². The van der Waals surface area contributed by atoms with Gasteiger partial charge in [-0.2, -0.15) is 0 Å². The fourth-order valence-electron chi connectivity index (χ4n) is 4.27. The van der Waals surface area contributed by atoms with E-state index in [-0.39, 0.29) is 23.3 Å². The summed E-state index contributed by atoms with van der Waals surface area (Å²) >= 11 is 0. The van der Waals surface area contributed by atoms with Crippen LogP contribution in [0, 0.1) is 0 Å². The van der Waals surface area contributed by atoms with Crippen molar-refractivity contribution in [2.45, 2.75) is 44.1 Å². The molecule has 4 rings (SSSR count). The molecule has 2 aromatic carbocycles. The second-order valence-electron chi connectivity index (χ2n) is 7.80. The second-order valence-corrected chi connectivity index (χ2v) is 7.80. The van der Waals surface area contributed by atoms with E-state index in [2.05, 4.69) is 41.7 Å².